The zero-order valence-electron chi connectivity index (χ0n) is 5.79. The molecule has 0 aromatic rings. The van der Waals surface area contributed by atoms with Gasteiger partial charge in [0.25, 0.3) is 5.91 Å². The van der Waals surface area contributed by atoms with Crippen LogP contribution >= 0.6 is 0 Å². The van der Waals surface area contributed by atoms with Crippen molar-refractivity contribution in [3.05, 3.63) is 0 Å². The summed E-state index contributed by atoms with van der Waals surface area (Å²) in [7, 11) is 0. The van der Waals surface area contributed by atoms with E-state index in [1.165, 1.54) is 0 Å². The number of nitrogens with one attached hydrogen (secondary N) is 2. The lowest BCUT2D eigenvalue weighted by Crippen LogP contribution is -2.47. The molecule has 5 heteroatoms. The summed E-state index contributed by atoms with van der Waals surface area (Å²) < 4.78 is 26.8. The Balaban J connectivity index is 2.41. The zero-order chi connectivity index (χ0) is 8.11. The highest BCUT2D eigenvalue weighted by Crippen LogP contribution is 2.37. The summed E-state index contributed by atoms with van der Waals surface area (Å²) in [5.41, 5.74) is -4.35. The van der Waals surface area contributed by atoms with Crippen molar-refractivity contribution in [2.24, 2.45) is 0 Å². The Kier molecular flexibility index (Phi) is 1.09. The summed E-state index contributed by atoms with van der Waals surface area (Å²) in [5.74, 6) is -0.829. The molecule has 2 N–H and O–H groups in total. The van der Waals surface area contributed by atoms with E-state index in [0.29, 0.717) is 0 Å². The lowest BCUT2D eigenvalue weighted by molar-refractivity contribution is -0.131. The molecule has 2 atom stereocenters. The van der Waals surface area contributed by atoms with Crippen molar-refractivity contribution in [1.82, 2.24) is 10.6 Å². The molecule has 2 unspecified atom stereocenters. The van der Waals surface area contributed by atoms with Crippen LogP contribution in [0.1, 0.15) is 0 Å². The number of rotatable bonds is 0. The van der Waals surface area contributed by atoms with Gasteiger partial charge >= 0.3 is 0 Å². The first kappa shape index (κ1) is 6.97. The van der Waals surface area contributed by atoms with E-state index in [4.69, 9.17) is 0 Å². The molecule has 1 amide bonds. The molecule has 0 spiro atoms. The van der Waals surface area contributed by atoms with Crippen LogP contribution in [0.3, 0.4) is 0 Å². The van der Waals surface area contributed by atoms with Gasteiger partial charge in [-0.1, -0.05) is 0 Å². The largest absolute Gasteiger partial charge is 0.350 e. The topological polar surface area (TPSA) is 41.1 Å². The fraction of sp³-hybridized carbons (Fsp3) is 0.833. The number of hydrogen-bond acceptors (Lipinski definition) is 2. The quantitative estimate of drug-likeness (QED) is 0.486. The first-order valence-corrected chi connectivity index (χ1v) is 3.45. The van der Waals surface area contributed by atoms with Crippen LogP contribution in [0.4, 0.5) is 8.78 Å². The molecule has 2 aliphatic rings. The molecule has 2 aliphatic heterocycles. The van der Waals surface area contributed by atoms with Crippen molar-refractivity contribution in [2.75, 3.05) is 19.6 Å². The Morgan fingerprint density at radius 2 is 2.00 bits per heavy atom. The predicted octanol–water partition coefficient (Wildman–Crippen LogP) is -0.864. The summed E-state index contributed by atoms with van der Waals surface area (Å²) in [6.07, 6.45) is 0. The molecule has 0 saturated carbocycles. The van der Waals surface area contributed by atoms with E-state index in [1.54, 1.807) is 0 Å². The minimum absolute atomic E-state index is 0.0811. The average Bonchev–Trinajstić information content (AvgIpc) is 2.34. The van der Waals surface area contributed by atoms with E-state index in [0.717, 1.165) is 0 Å². The Morgan fingerprint density at radius 1 is 1.27 bits per heavy atom. The third-order valence-corrected chi connectivity index (χ3v) is 2.37. The van der Waals surface area contributed by atoms with E-state index in [-0.39, 0.29) is 19.6 Å². The van der Waals surface area contributed by atoms with Gasteiger partial charge in [0.05, 0.1) is 6.54 Å². The Morgan fingerprint density at radius 3 is 2.64 bits per heavy atom. The van der Waals surface area contributed by atoms with Crippen LogP contribution in [0.25, 0.3) is 0 Å². The summed E-state index contributed by atoms with van der Waals surface area (Å²) >= 11 is 0. The Labute approximate surface area is 62.1 Å². The van der Waals surface area contributed by atoms with Crippen molar-refractivity contribution in [2.45, 2.75) is 11.3 Å². The number of alkyl halides is 2. The summed E-state index contributed by atoms with van der Waals surface area (Å²) in [4.78, 5) is 10.8. The highest BCUT2D eigenvalue weighted by atomic mass is 19.2. The van der Waals surface area contributed by atoms with Gasteiger partial charge < -0.3 is 10.6 Å². The highest BCUT2D eigenvalue weighted by molar-refractivity contribution is 5.90. The lowest BCUT2D eigenvalue weighted by atomic mass is 9.93. The maximum Gasteiger partial charge on any atom is 0.262 e. The lowest BCUT2D eigenvalue weighted by Gasteiger charge is -2.19. The minimum Gasteiger partial charge on any atom is -0.350 e. The van der Waals surface area contributed by atoms with Gasteiger partial charge in [0.2, 0.25) is 5.67 Å². The SMILES string of the molecule is O=C1NCC2(F)CNCC12F. The van der Waals surface area contributed by atoms with E-state index in [1.807, 2.05) is 0 Å². The van der Waals surface area contributed by atoms with Gasteiger partial charge in [0, 0.05) is 13.1 Å². The van der Waals surface area contributed by atoms with Crippen molar-refractivity contribution in [1.29, 1.82) is 0 Å². The van der Waals surface area contributed by atoms with Gasteiger partial charge in [0.15, 0.2) is 5.67 Å². The molecular weight excluding hydrogens is 154 g/mol. The second-order valence-corrected chi connectivity index (χ2v) is 3.05. The third-order valence-electron chi connectivity index (χ3n) is 2.37. The number of amides is 1. The van der Waals surface area contributed by atoms with Crippen molar-refractivity contribution >= 4 is 5.91 Å². The van der Waals surface area contributed by atoms with E-state index in [9.17, 15) is 13.6 Å². The maximum atomic E-state index is 13.4. The molecule has 0 aromatic carbocycles. The molecule has 0 aliphatic carbocycles. The van der Waals surface area contributed by atoms with E-state index >= 15 is 0 Å². The molecule has 11 heavy (non-hydrogen) atoms. The predicted molar refractivity (Wildman–Crippen MR) is 33.6 cm³/mol. The van der Waals surface area contributed by atoms with Gasteiger partial charge in [-0.25, -0.2) is 8.78 Å². The number of fused-ring (bicyclic) bond motifs is 1. The fourth-order valence-electron chi connectivity index (χ4n) is 1.58. The fourth-order valence-corrected chi connectivity index (χ4v) is 1.58. The van der Waals surface area contributed by atoms with Crippen LogP contribution in [0.5, 0.6) is 0 Å². The van der Waals surface area contributed by atoms with E-state index < -0.39 is 17.2 Å². The second-order valence-electron chi connectivity index (χ2n) is 3.05. The molecule has 3 nitrogen and oxygen atoms in total. The molecular formula is C6H8F2N2O. The van der Waals surface area contributed by atoms with Gasteiger partial charge in [-0.3, -0.25) is 4.79 Å². The van der Waals surface area contributed by atoms with Gasteiger partial charge in [-0.15, -0.1) is 0 Å². The average molecular weight is 162 g/mol. The normalized spacial score (nSPS) is 49.1. The number of hydrogen-bond donors (Lipinski definition) is 2. The molecule has 2 fully saturated rings. The first-order valence-electron chi connectivity index (χ1n) is 3.45. The van der Waals surface area contributed by atoms with Gasteiger partial charge in [0.1, 0.15) is 0 Å². The minimum atomic E-state index is -2.33. The van der Waals surface area contributed by atoms with Gasteiger partial charge in [-0.2, -0.15) is 0 Å². The number of carbonyl (C=O) groups excluding carboxylic acids is 1. The zero-order valence-corrected chi connectivity index (χ0v) is 5.79. The number of carbonyl (C=O) groups is 1. The first-order chi connectivity index (χ1) is 5.08. The summed E-state index contributed by atoms with van der Waals surface area (Å²) in [6.45, 7) is -0.507. The molecule has 62 valence electrons. The monoisotopic (exact) mass is 162 g/mol. The van der Waals surface area contributed by atoms with Crippen LogP contribution in [0.15, 0.2) is 0 Å². The molecule has 0 aromatic heterocycles. The van der Waals surface area contributed by atoms with Crippen LogP contribution < -0.4 is 10.6 Å². The molecule has 2 saturated heterocycles. The smallest absolute Gasteiger partial charge is 0.262 e. The second kappa shape index (κ2) is 1.72. The molecule has 0 radical (unpaired) electrons. The van der Waals surface area contributed by atoms with Crippen LogP contribution in [-0.4, -0.2) is 36.9 Å². The standard InChI is InChI=1S/C6H8F2N2O/c7-5-1-9-3-6(5,8)4(11)10-2-5/h9H,1-3H2,(H,10,11). The van der Waals surface area contributed by atoms with Gasteiger partial charge in [-0.05, 0) is 0 Å². The van der Waals surface area contributed by atoms with Crippen molar-refractivity contribution in [3.63, 3.8) is 0 Å². The summed E-state index contributed by atoms with van der Waals surface area (Å²) in [6, 6.07) is 0. The van der Waals surface area contributed by atoms with Crippen LogP contribution in [-0.2, 0) is 4.79 Å². The van der Waals surface area contributed by atoms with Crippen molar-refractivity contribution in [3.8, 4) is 0 Å². The van der Waals surface area contributed by atoms with E-state index in [2.05, 4.69) is 10.6 Å². The molecule has 2 heterocycles. The Bertz CT molecular complexity index is 223. The molecule has 2 rings (SSSR count). The number of halogens is 2. The van der Waals surface area contributed by atoms with Crippen LogP contribution in [0.2, 0.25) is 0 Å². The summed E-state index contributed by atoms with van der Waals surface area (Å²) in [5, 5.41) is 4.70. The van der Waals surface area contributed by atoms with Crippen molar-refractivity contribution < 1.29 is 13.6 Å². The van der Waals surface area contributed by atoms with Crippen LogP contribution in [0, 0.1) is 0 Å². The third kappa shape index (κ3) is 0.617. The maximum absolute atomic E-state index is 13.4. The Hall–Kier alpha value is -0.710. The highest BCUT2D eigenvalue weighted by Gasteiger charge is 2.66. The molecule has 0 bridgehead atoms.